The molecule has 144 valence electrons. The molecule has 2 aliphatic rings. The molecular formula is C24H19F2N3. The molecule has 1 fully saturated rings. The smallest absolute Gasteiger partial charge is 0.135 e. The highest BCUT2D eigenvalue weighted by Crippen LogP contribution is 2.69. The predicted molar refractivity (Wildman–Crippen MR) is 106 cm³/mol. The molecular weight excluding hydrogens is 368 g/mol. The van der Waals surface area contributed by atoms with Gasteiger partial charge in [-0.05, 0) is 60.1 Å². The lowest BCUT2D eigenvalue weighted by atomic mass is 9.66. The van der Waals surface area contributed by atoms with Crippen LogP contribution in [0.5, 0.6) is 0 Å². The average Bonchev–Trinajstić information content (AvgIpc) is 3.09. The van der Waals surface area contributed by atoms with Crippen LogP contribution in [0.3, 0.4) is 0 Å². The number of halogens is 2. The van der Waals surface area contributed by atoms with Crippen LogP contribution >= 0.6 is 0 Å². The van der Waals surface area contributed by atoms with Crippen molar-refractivity contribution in [2.24, 2.45) is 5.41 Å². The van der Waals surface area contributed by atoms with Gasteiger partial charge in [-0.25, -0.2) is 13.8 Å². The third-order valence-corrected chi connectivity index (χ3v) is 6.94. The quantitative estimate of drug-likeness (QED) is 0.581. The first-order valence-corrected chi connectivity index (χ1v) is 9.67. The summed E-state index contributed by atoms with van der Waals surface area (Å²) in [5.74, 6) is 1.54. The van der Waals surface area contributed by atoms with Crippen molar-refractivity contribution in [1.82, 2.24) is 15.2 Å². The van der Waals surface area contributed by atoms with Crippen LogP contribution in [0.2, 0.25) is 0 Å². The molecule has 2 atom stereocenters. The number of nitrogens with zero attached hydrogens (tertiary/aromatic N) is 3. The Kier molecular flexibility index (Phi) is 3.67. The van der Waals surface area contributed by atoms with Gasteiger partial charge < -0.3 is 0 Å². The van der Waals surface area contributed by atoms with Crippen molar-refractivity contribution >= 4 is 0 Å². The van der Waals surface area contributed by atoms with Gasteiger partial charge in [0.2, 0.25) is 0 Å². The maximum atomic E-state index is 14.3. The average molecular weight is 387 g/mol. The summed E-state index contributed by atoms with van der Waals surface area (Å²) < 4.78 is 28.6. The highest BCUT2D eigenvalue weighted by atomic mass is 19.1. The van der Waals surface area contributed by atoms with Crippen LogP contribution in [0.4, 0.5) is 8.78 Å². The Morgan fingerprint density at radius 2 is 1.79 bits per heavy atom. The molecule has 2 heterocycles. The molecule has 3 nitrogen and oxygen atoms in total. The lowest BCUT2D eigenvalue weighted by molar-refractivity contribution is 0.243. The van der Waals surface area contributed by atoms with Gasteiger partial charge in [0.25, 0.3) is 0 Å². The van der Waals surface area contributed by atoms with E-state index in [1.54, 1.807) is 0 Å². The molecule has 0 amide bonds. The minimum Gasteiger partial charge on any atom is -0.243 e. The van der Waals surface area contributed by atoms with E-state index < -0.39 is 17.0 Å². The fraction of sp³-hybridized carbons (Fsp3) is 0.292. The van der Waals surface area contributed by atoms with Crippen LogP contribution in [0.15, 0.2) is 42.5 Å². The molecule has 1 saturated carbocycles. The summed E-state index contributed by atoms with van der Waals surface area (Å²) in [6, 6.07) is 11.4. The summed E-state index contributed by atoms with van der Waals surface area (Å²) in [7, 11) is 0. The van der Waals surface area contributed by atoms with Crippen molar-refractivity contribution in [3.63, 3.8) is 0 Å². The minimum atomic E-state index is -0.639. The zero-order valence-corrected chi connectivity index (χ0v) is 16.2. The molecule has 29 heavy (non-hydrogen) atoms. The van der Waals surface area contributed by atoms with E-state index in [2.05, 4.69) is 30.0 Å². The molecule has 2 bridgehead atoms. The Bertz CT molecular complexity index is 1170. The van der Waals surface area contributed by atoms with Gasteiger partial charge in [-0.15, -0.1) is 11.5 Å². The van der Waals surface area contributed by atoms with Gasteiger partial charge >= 0.3 is 0 Å². The largest absolute Gasteiger partial charge is 0.243 e. The highest BCUT2D eigenvalue weighted by Gasteiger charge is 2.65. The van der Waals surface area contributed by atoms with Crippen molar-refractivity contribution in [2.45, 2.75) is 38.0 Å². The fourth-order valence-electron chi connectivity index (χ4n) is 5.51. The van der Waals surface area contributed by atoms with E-state index in [0.717, 1.165) is 29.8 Å². The molecule has 5 heteroatoms. The highest BCUT2D eigenvalue weighted by molar-refractivity contribution is 5.64. The Labute approximate surface area is 168 Å². The SMILES string of the molecule is C#Cc1cccc([C@@]23CC[C@@H](c4cc(-c5c(F)cccc5F)nnc42)C3(C)C)n1. The molecule has 0 spiro atoms. The Morgan fingerprint density at radius 1 is 1.07 bits per heavy atom. The summed E-state index contributed by atoms with van der Waals surface area (Å²) >= 11 is 0. The molecule has 5 rings (SSSR count). The van der Waals surface area contributed by atoms with Crippen molar-refractivity contribution in [3.05, 3.63) is 76.7 Å². The van der Waals surface area contributed by atoms with E-state index in [1.807, 2.05) is 24.3 Å². The maximum absolute atomic E-state index is 14.3. The summed E-state index contributed by atoms with van der Waals surface area (Å²) in [6.07, 6.45) is 7.42. The lowest BCUT2D eigenvalue weighted by Gasteiger charge is -2.37. The van der Waals surface area contributed by atoms with E-state index in [4.69, 9.17) is 11.4 Å². The van der Waals surface area contributed by atoms with Crippen LogP contribution in [0, 0.1) is 29.4 Å². The Balaban J connectivity index is 1.74. The van der Waals surface area contributed by atoms with Gasteiger partial charge in [-0.3, -0.25) is 0 Å². The van der Waals surface area contributed by atoms with Gasteiger partial charge in [0.05, 0.1) is 28.1 Å². The van der Waals surface area contributed by atoms with E-state index in [0.29, 0.717) is 5.69 Å². The Hall–Kier alpha value is -3.13. The minimum absolute atomic E-state index is 0.134. The predicted octanol–water partition coefficient (Wildman–Crippen LogP) is 5.00. The molecule has 3 aromatic rings. The van der Waals surface area contributed by atoms with Gasteiger partial charge in [-0.2, -0.15) is 5.10 Å². The zero-order chi connectivity index (χ0) is 20.4. The third-order valence-electron chi connectivity index (χ3n) is 6.94. The normalized spacial score (nSPS) is 23.6. The third kappa shape index (κ3) is 2.20. The van der Waals surface area contributed by atoms with Crippen LogP contribution in [0.1, 0.15) is 55.3 Å². The Morgan fingerprint density at radius 3 is 2.52 bits per heavy atom. The monoisotopic (exact) mass is 387 g/mol. The molecule has 0 aliphatic heterocycles. The van der Waals surface area contributed by atoms with Gasteiger partial charge in [-0.1, -0.05) is 31.9 Å². The first kappa shape index (κ1) is 17.9. The summed E-state index contributed by atoms with van der Waals surface area (Å²) in [5.41, 5.74) is 2.83. The van der Waals surface area contributed by atoms with Crippen LogP contribution in [-0.2, 0) is 5.41 Å². The number of rotatable bonds is 2. The number of aromatic nitrogens is 3. The molecule has 2 aliphatic carbocycles. The van der Waals surface area contributed by atoms with E-state index in [-0.39, 0.29) is 22.6 Å². The number of hydrogen-bond acceptors (Lipinski definition) is 3. The number of pyridine rings is 1. The van der Waals surface area contributed by atoms with Crippen LogP contribution in [0.25, 0.3) is 11.3 Å². The number of terminal acetylenes is 1. The van der Waals surface area contributed by atoms with Gasteiger partial charge in [0.1, 0.15) is 17.3 Å². The van der Waals surface area contributed by atoms with E-state index in [9.17, 15) is 8.78 Å². The van der Waals surface area contributed by atoms with Crippen LogP contribution in [-0.4, -0.2) is 15.2 Å². The molecule has 0 N–H and O–H groups in total. The summed E-state index contributed by atoms with van der Waals surface area (Å²) in [5, 5.41) is 8.77. The molecule has 1 aromatic carbocycles. The second-order valence-corrected chi connectivity index (χ2v) is 8.40. The first-order chi connectivity index (χ1) is 13.9. The maximum Gasteiger partial charge on any atom is 0.135 e. The molecule has 0 radical (unpaired) electrons. The molecule has 2 aromatic heterocycles. The first-order valence-electron chi connectivity index (χ1n) is 9.67. The van der Waals surface area contributed by atoms with Gasteiger partial charge in [0.15, 0.2) is 0 Å². The van der Waals surface area contributed by atoms with E-state index >= 15 is 0 Å². The van der Waals surface area contributed by atoms with Crippen molar-refractivity contribution < 1.29 is 8.78 Å². The zero-order valence-electron chi connectivity index (χ0n) is 16.2. The van der Waals surface area contributed by atoms with Crippen molar-refractivity contribution in [1.29, 1.82) is 0 Å². The topological polar surface area (TPSA) is 38.7 Å². The summed E-state index contributed by atoms with van der Waals surface area (Å²) in [6.45, 7) is 4.42. The second kappa shape index (κ2) is 5.93. The second-order valence-electron chi connectivity index (χ2n) is 8.40. The van der Waals surface area contributed by atoms with Gasteiger partial charge in [0, 0.05) is 0 Å². The molecule has 0 unspecified atom stereocenters. The number of hydrogen-bond donors (Lipinski definition) is 0. The standard InChI is InChI=1S/C24H19F2N3/c1-4-14-7-5-10-20(27-14)24-12-11-16(23(24,2)3)15-13-19(28-29-22(15)24)21-17(25)8-6-9-18(21)26/h1,5-10,13,16H,11-12H2,2-3H3/t16-,24-/m0/s1. The van der Waals surface area contributed by atoms with Crippen molar-refractivity contribution in [2.75, 3.05) is 0 Å². The lowest BCUT2D eigenvalue weighted by Crippen LogP contribution is -2.37. The fourth-order valence-corrected chi connectivity index (χ4v) is 5.51. The number of benzene rings is 1. The van der Waals surface area contributed by atoms with Crippen LogP contribution < -0.4 is 0 Å². The summed E-state index contributed by atoms with van der Waals surface area (Å²) in [4.78, 5) is 4.72. The van der Waals surface area contributed by atoms with E-state index in [1.165, 1.54) is 18.2 Å². The molecule has 0 saturated heterocycles. The van der Waals surface area contributed by atoms with Crippen molar-refractivity contribution in [3.8, 4) is 23.6 Å². The number of fused-ring (bicyclic) bond motifs is 5.